The SMILES string of the molecule is CN(C)C(=O)CN=C(NC1CC1)NC1CCOC2(CCSC2)C1. The topological polar surface area (TPSA) is 66.0 Å². The third-order valence-corrected chi connectivity index (χ3v) is 5.91. The second kappa shape index (κ2) is 7.30. The number of likely N-dealkylation sites (N-methyl/N-ethyl adjacent to an activating group) is 1. The van der Waals surface area contributed by atoms with Gasteiger partial charge in [-0.2, -0.15) is 11.8 Å². The summed E-state index contributed by atoms with van der Waals surface area (Å²) in [6.07, 6.45) is 5.57. The Labute approximate surface area is 142 Å². The Morgan fingerprint density at radius 3 is 2.74 bits per heavy atom. The standard InChI is InChI=1S/C16H28N4O2S/c1-20(2)14(21)10-17-15(18-12-3-4-12)19-13-5-7-22-16(9-13)6-8-23-11-16/h12-13H,3-11H2,1-2H3,(H2,17,18,19). The first-order valence-electron chi connectivity index (χ1n) is 8.56. The first-order chi connectivity index (χ1) is 11.1. The van der Waals surface area contributed by atoms with E-state index in [-0.39, 0.29) is 18.1 Å². The first-order valence-corrected chi connectivity index (χ1v) is 9.71. The van der Waals surface area contributed by atoms with E-state index in [1.807, 2.05) is 11.8 Å². The van der Waals surface area contributed by atoms with Crippen LogP contribution >= 0.6 is 11.8 Å². The van der Waals surface area contributed by atoms with E-state index in [1.54, 1.807) is 19.0 Å². The van der Waals surface area contributed by atoms with E-state index in [0.717, 1.165) is 37.6 Å². The Hall–Kier alpha value is -0.950. The van der Waals surface area contributed by atoms with Gasteiger partial charge in [-0.1, -0.05) is 0 Å². The number of nitrogens with zero attached hydrogens (tertiary/aromatic N) is 2. The molecule has 0 aromatic rings. The van der Waals surface area contributed by atoms with Crippen LogP contribution in [0.1, 0.15) is 32.1 Å². The van der Waals surface area contributed by atoms with E-state index in [9.17, 15) is 4.79 Å². The zero-order chi connectivity index (χ0) is 16.3. The summed E-state index contributed by atoms with van der Waals surface area (Å²) >= 11 is 1.99. The normalized spacial score (nSPS) is 31.2. The van der Waals surface area contributed by atoms with Crippen LogP contribution in [0.5, 0.6) is 0 Å². The lowest BCUT2D eigenvalue weighted by Gasteiger charge is -2.38. The molecule has 0 radical (unpaired) electrons. The third-order valence-electron chi connectivity index (χ3n) is 4.69. The van der Waals surface area contributed by atoms with Crippen molar-refractivity contribution < 1.29 is 9.53 Å². The molecule has 2 atom stereocenters. The molecule has 3 rings (SSSR count). The Balaban J connectivity index is 1.58. The Morgan fingerprint density at radius 1 is 1.30 bits per heavy atom. The number of ether oxygens (including phenoxy) is 1. The number of carbonyl (C=O) groups is 1. The van der Waals surface area contributed by atoms with Gasteiger partial charge in [0.2, 0.25) is 5.91 Å². The molecule has 3 aliphatic rings. The second-order valence-corrected chi connectivity index (χ2v) is 8.14. The molecular weight excluding hydrogens is 312 g/mol. The number of aliphatic imine (C=N–C) groups is 1. The lowest BCUT2D eigenvalue weighted by molar-refractivity contribution is -0.127. The van der Waals surface area contributed by atoms with Gasteiger partial charge in [-0.15, -0.1) is 0 Å². The van der Waals surface area contributed by atoms with Gasteiger partial charge < -0.3 is 20.3 Å². The van der Waals surface area contributed by atoms with Crippen molar-refractivity contribution in [2.45, 2.75) is 49.8 Å². The van der Waals surface area contributed by atoms with Crippen molar-refractivity contribution in [3.8, 4) is 0 Å². The summed E-state index contributed by atoms with van der Waals surface area (Å²) < 4.78 is 6.08. The zero-order valence-electron chi connectivity index (χ0n) is 14.1. The Kier molecular flexibility index (Phi) is 5.36. The van der Waals surface area contributed by atoms with E-state index in [4.69, 9.17) is 4.74 Å². The summed E-state index contributed by atoms with van der Waals surface area (Å²) in [6.45, 7) is 1.00. The predicted molar refractivity (Wildman–Crippen MR) is 93.9 cm³/mol. The summed E-state index contributed by atoms with van der Waals surface area (Å²) in [5, 5.41) is 6.99. The van der Waals surface area contributed by atoms with Gasteiger partial charge >= 0.3 is 0 Å². The average molecular weight is 340 g/mol. The smallest absolute Gasteiger partial charge is 0.243 e. The van der Waals surface area contributed by atoms with Gasteiger partial charge in [-0.3, -0.25) is 4.79 Å². The van der Waals surface area contributed by atoms with E-state index in [1.165, 1.54) is 18.6 Å². The van der Waals surface area contributed by atoms with E-state index in [0.29, 0.717) is 12.1 Å². The quantitative estimate of drug-likeness (QED) is 0.586. The van der Waals surface area contributed by atoms with Crippen LogP contribution in [-0.4, -0.2) is 73.2 Å². The van der Waals surface area contributed by atoms with Crippen molar-refractivity contribution in [2.75, 3.05) is 38.8 Å². The van der Waals surface area contributed by atoms with Crippen LogP contribution in [0.3, 0.4) is 0 Å². The molecule has 7 heteroatoms. The molecule has 3 fully saturated rings. The number of nitrogens with one attached hydrogen (secondary N) is 2. The number of hydrogen-bond acceptors (Lipinski definition) is 4. The van der Waals surface area contributed by atoms with Gasteiger partial charge in [-0.25, -0.2) is 4.99 Å². The van der Waals surface area contributed by atoms with Gasteiger partial charge in [0.15, 0.2) is 5.96 Å². The maximum Gasteiger partial charge on any atom is 0.243 e. The molecule has 0 aromatic heterocycles. The lowest BCUT2D eigenvalue weighted by atomic mass is 9.90. The van der Waals surface area contributed by atoms with Crippen molar-refractivity contribution in [3.05, 3.63) is 0 Å². The van der Waals surface area contributed by atoms with Crippen molar-refractivity contribution in [1.82, 2.24) is 15.5 Å². The highest BCUT2D eigenvalue weighted by atomic mass is 32.2. The molecular formula is C16H28N4O2S. The molecule has 1 spiro atoms. The highest BCUT2D eigenvalue weighted by Gasteiger charge is 2.40. The number of thioether (sulfide) groups is 1. The minimum Gasteiger partial charge on any atom is -0.374 e. The van der Waals surface area contributed by atoms with E-state index >= 15 is 0 Å². The number of guanidine groups is 1. The van der Waals surface area contributed by atoms with Crippen LogP contribution in [0.25, 0.3) is 0 Å². The molecule has 1 saturated carbocycles. The van der Waals surface area contributed by atoms with Crippen LogP contribution in [0.2, 0.25) is 0 Å². The van der Waals surface area contributed by atoms with Crippen LogP contribution in [-0.2, 0) is 9.53 Å². The summed E-state index contributed by atoms with van der Waals surface area (Å²) in [6, 6.07) is 0.897. The highest BCUT2D eigenvalue weighted by Crippen LogP contribution is 2.38. The van der Waals surface area contributed by atoms with E-state index in [2.05, 4.69) is 15.6 Å². The zero-order valence-corrected chi connectivity index (χ0v) is 15.0. The fourth-order valence-corrected chi connectivity index (χ4v) is 4.43. The fraction of sp³-hybridized carbons (Fsp3) is 0.875. The van der Waals surface area contributed by atoms with Gasteiger partial charge in [0.25, 0.3) is 0 Å². The molecule has 2 N–H and O–H groups in total. The van der Waals surface area contributed by atoms with Crippen LogP contribution in [0, 0.1) is 0 Å². The van der Waals surface area contributed by atoms with Gasteiger partial charge in [-0.05, 0) is 37.9 Å². The summed E-state index contributed by atoms with van der Waals surface area (Å²) in [7, 11) is 3.53. The Bertz CT molecular complexity index is 459. The first kappa shape index (κ1) is 16.9. The molecule has 1 amide bonds. The van der Waals surface area contributed by atoms with Crippen molar-refractivity contribution >= 4 is 23.6 Å². The molecule has 130 valence electrons. The van der Waals surface area contributed by atoms with Gasteiger partial charge in [0.05, 0.1) is 5.60 Å². The van der Waals surface area contributed by atoms with E-state index < -0.39 is 0 Å². The van der Waals surface area contributed by atoms with Gasteiger partial charge in [0.1, 0.15) is 6.54 Å². The van der Waals surface area contributed by atoms with Crippen LogP contribution in [0.15, 0.2) is 4.99 Å². The number of rotatable bonds is 4. The lowest BCUT2D eigenvalue weighted by Crippen LogP contribution is -2.52. The monoisotopic (exact) mass is 340 g/mol. The highest BCUT2D eigenvalue weighted by molar-refractivity contribution is 7.99. The van der Waals surface area contributed by atoms with Crippen molar-refractivity contribution in [1.29, 1.82) is 0 Å². The fourth-order valence-electron chi connectivity index (χ4n) is 3.05. The predicted octanol–water partition coefficient (Wildman–Crippen LogP) is 0.827. The molecule has 0 bridgehead atoms. The molecule has 2 unspecified atom stereocenters. The molecule has 2 heterocycles. The average Bonchev–Trinajstić information content (AvgIpc) is 3.23. The minimum atomic E-state index is 0.0255. The number of amides is 1. The molecule has 2 aliphatic heterocycles. The summed E-state index contributed by atoms with van der Waals surface area (Å²) in [5.74, 6) is 3.12. The maximum absolute atomic E-state index is 11.8. The molecule has 0 aromatic carbocycles. The van der Waals surface area contributed by atoms with Gasteiger partial charge in [0, 0.05) is 38.5 Å². The molecule has 23 heavy (non-hydrogen) atoms. The largest absolute Gasteiger partial charge is 0.374 e. The number of carbonyl (C=O) groups excluding carboxylic acids is 1. The van der Waals surface area contributed by atoms with Crippen LogP contribution < -0.4 is 10.6 Å². The molecule has 1 aliphatic carbocycles. The Morgan fingerprint density at radius 2 is 2.09 bits per heavy atom. The number of hydrogen-bond donors (Lipinski definition) is 2. The maximum atomic E-state index is 11.8. The molecule has 2 saturated heterocycles. The summed E-state index contributed by atoms with van der Waals surface area (Å²) in [5.41, 5.74) is 0.0602. The second-order valence-electron chi connectivity index (χ2n) is 7.04. The van der Waals surface area contributed by atoms with Crippen molar-refractivity contribution in [3.63, 3.8) is 0 Å². The summed E-state index contributed by atoms with van der Waals surface area (Å²) in [4.78, 5) is 17.9. The third kappa shape index (κ3) is 4.76. The molecule has 6 nitrogen and oxygen atoms in total. The van der Waals surface area contributed by atoms with Crippen LogP contribution in [0.4, 0.5) is 0 Å². The minimum absolute atomic E-state index is 0.0255. The van der Waals surface area contributed by atoms with Crippen molar-refractivity contribution in [2.24, 2.45) is 4.99 Å².